The molecule has 1 heteroatoms. The molecule has 0 spiro atoms. The third-order valence-electron chi connectivity index (χ3n) is 6.92. The molecule has 0 heterocycles. The van der Waals surface area contributed by atoms with Gasteiger partial charge >= 0.3 is 0 Å². The maximum atomic E-state index is 2.59. The first-order valence-corrected chi connectivity index (χ1v) is 9.86. The van der Waals surface area contributed by atoms with E-state index in [1.54, 1.807) is 0 Å². The van der Waals surface area contributed by atoms with Crippen LogP contribution in [0.1, 0.15) is 69.5 Å². The Balaban J connectivity index is 2.96. The van der Waals surface area contributed by atoms with Gasteiger partial charge in [0.1, 0.15) is 0 Å². The van der Waals surface area contributed by atoms with Crippen LogP contribution in [0, 0.1) is 69.2 Å². The van der Waals surface area contributed by atoms with Crippen molar-refractivity contribution < 1.29 is 0 Å². The van der Waals surface area contributed by atoms with Crippen LogP contribution in [-0.4, -0.2) is 6.04 Å². The van der Waals surface area contributed by atoms with E-state index in [0.29, 0.717) is 6.04 Å². The molecule has 0 N–H and O–H groups in total. The first-order valence-electron chi connectivity index (χ1n) is 9.86. The predicted octanol–water partition coefficient (Wildman–Crippen LogP) is 7.32. The van der Waals surface area contributed by atoms with Gasteiger partial charge in [-0.2, -0.15) is 0 Å². The van der Waals surface area contributed by atoms with Gasteiger partial charge in [-0.3, -0.25) is 0 Å². The summed E-state index contributed by atoms with van der Waals surface area (Å²) in [4.78, 5) is 2.59. The fourth-order valence-corrected chi connectivity index (χ4v) is 4.31. The average Bonchev–Trinajstić information content (AvgIpc) is 2.60. The molecule has 0 aromatic heterocycles. The lowest BCUT2D eigenvalue weighted by molar-refractivity contribution is 0.775. The van der Waals surface area contributed by atoms with Crippen LogP contribution in [0.3, 0.4) is 0 Å². The number of hydrogen-bond acceptors (Lipinski definition) is 1. The maximum absolute atomic E-state index is 2.59. The minimum absolute atomic E-state index is 0.396. The van der Waals surface area contributed by atoms with Gasteiger partial charge in [0.15, 0.2) is 0 Å². The fourth-order valence-electron chi connectivity index (χ4n) is 4.31. The van der Waals surface area contributed by atoms with Crippen LogP contribution >= 0.6 is 0 Å². The second-order valence-electron chi connectivity index (χ2n) is 8.41. The summed E-state index contributed by atoms with van der Waals surface area (Å²) in [7, 11) is 0. The Morgan fingerprint density at radius 3 is 0.769 bits per heavy atom. The molecular formula is C25H37N. The molecule has 0 unspecified atom stereocenters. The molecule has 0 fully saturated rings. The quantitative estimate of drug-likeness (QED) is 0.560. The Bertz CT molecular complexity index is 741. The van der Waals surface area contributed by atoms with Gasteiger partial charge in [-0.1, -0.05) is 0 Å². The minimum atomic E-state index is 0.396. The Labute approximate surface area is 161 Å². The molecule has 2 aromatic carbocycles. The van der Waals surface area contributed by atoms with Crippen molar-refractivity contribution in [3.8, 4) is 0 Å². The SMILES string of the molecule is Cc1c(C)c(C)c(N(c2c(C)c(C)c(C)c(C)c2C)C(C)C)c(C)c1C. The second kappa shape index (κ2) is 7.10. The maximum Gasteiger partial charge on any atom is 0.0478 e. The summed E-state index contributed by atoms with van der Waals surface area (Å²) in [5, 5.41) is 0. The van der Waals surface area contributed by atoms with Crippen LogP contribution in [-0.2, 0) is 0 Å². The van der Waals surface area contributed by atoms with Gasteiger partial charge < -0.3 is 4.90 Å². The Morgan fingerprint density at radius 1 is 0.385 bits per heavy atom. The fraction of sp³-hybridized carbons (Fsp3) is 0.520. The van der Waals surface area contributed by atoms with E-state index in [4.69, 9.17) is 0 Å². The van der Waals surface area contributed by atoms with E-state index in [-0.39, 0.29) is 0 Å². The molecule has 2 rings (SSSR count). The number of hydrogen-bond donors (Lipinski definition) is 0. The van der Waals surface area contributed by atoms with Crippen molar-refractivity contribution in [2.75, 3.05) is 4.90 Å². The van der Waals surface area contributed by atoms with Crippen LogP contribution in [0.2, 0.25) is 0 Å². The van der Waals surface area contributed by atoms with Crippen molar-refractivity contribution in [2.45, 2.75) is 89.1 Å². The number of rotatable bonds is 3. The van der Waals surface area contributed by atoms with Gasteiger partial charge in [0.05, 0.1) is 0 Å². The van der Waals surface area contributed by atoms with Crippen molar-refractivity contribution in [3.63, 3.8) is 0 Å². The van der Waals surface area contributed by atoms with E-state index in [2.05, 4.69) is 88.0 Å². The van der Waals surface area contributed by atoms with Crippen molar-refractivity contribution in [1.29, 1.82) is 0 Å². The Hall–Kier alpha value is -1.76. The molecule has 1 nitrogen and oxygen atoms in total. The average molecular weight is 352 g/mol. The van der Waals surface area contributed by atoms with Gasteiger partial charge in [-0.15, -0.1) is 0 Å². The molecule has 0 aliphatic rings. The summed E-state index contributed by atoms with van der Waals surface area (Å²) in [5.41, 5.74) is 17.0. The van der Waals surface area contributed by atoms with Crippen LogP contribution in [0.4, 0.5) is 11.4 Å². The Kier molecular flexibility index (Phi) is 5.61. The third-order valence-corrected chi connectivity index (χ3v) is 6.92. The normalized spacial score (nSPS) is 11.4. The molecule has 0 bridgehead atoms. The van der Waals surface area contributed by atoms with Crippen LogP contribution in [0.25, 0.3) is 0 Å². The topological polar surface area (TPSA) is 3.24 Å². The molecule has 0 amide bonds. The number of benzene rings is 2. The highest BCUT2D eigenvalue weighted by Crippen LogP contribution is 2.43. The minimum Gasteiger partial charge on any atom is -0.338 e. The summed E-state index contributed by atoms with van der Waals surface area (Å²) in [6.45, 7) is 27.4. The smallest absolute Gasteiger partial charge is 0.0478 e. The monoisotopic (exact) mass is 351 g/mol. The summed E-state index contributed by atoms with van der Waals surface area (Å²) < 4.78 is 0. The lowest BCUT2D eigenvalue weighted by Crippen LogP contribution is -2.29. The van der Waals surface area contributed by atoms with E-state index >= 15 is 0 Å². The van der Waals surface area contributed by atoms with Crippen molar-refractivity contribution in [2.24, 2.45) is 0 Å². The highest BCUT2D eigenvalue weighted by atomic mass is 15.2. The zero-order valence-electron chi connectivity index (χ0n) is 19.0. The summed E-state index contributed by atoms with van der Waals surface area (Å²) in [5.74, 6) is 0. The summed E-state index contributed by atoms with van der Waals surface area (Å²) in [6.07, 6.45) is 0. The van der Waals surface area contributed by atoms with E-state index in [1.807, 2.05) is 0 Å². The molecule has 0 saturated heterocycles. The molecule has 2 aromatic rings. The van der Waals surface area contributed by atoms with E-state index in [0.717, 1.165) is 0 Å². The molecule has 0 saturated carbocycles. The lowest BCUT2D eigenvalue weighted by Gasteiger charge is -2.37. The second-order valence-corrected chi connectivity index (χ2v) is 8.41. The molecule has 0 radical (unpaired) electrons. The third kappa shape index (κ3) is 2.96. The predicted molar refractivity (Wildman–Crippen MR) is 118 cm³/mol. The lowest BCUT2D eigenvalue weighted by atomic mass is 9.88. The van der Waals surface area contributed by atoms with Crippen molar-refractivity contribution >= 4 is 11.4 Å². The van der Waals surface area contributed by atoms with E-state index in [9.17, 15) is 0 Å². The van der Waals surface area contributed by atoms with Crippen LogP contribution in [0.5, 0.6) is 0 Å². The van der Waals surface area contributed by atoms with Gasteiger partial charge in [-0.25, -0.2) is 0 Å². The van der Waals surface area contributed by atoms with Gasteiger partial charge in [0.2, 0.25) is 0 Å². The molecule has 26 heavy (non-hydrogen) atoms. The molecule has 0 aliphatic carbocycles. The summed E-state index contributed by atoms with van der Waals surface area (Å²) >= 11 is 0. The molecule has 0 aliphatic heterocycles. The largest absolute Gasteiger partial charge is 0.338 e. The number of nitrogens with zero attached hydrogens (tertiary/aromatic N) is 1. The van der Waals surface area contributed by atoms with Crippen molar-refractivity contribution in [1.82, 2.24) is 0 Å². The molecule has 142 valence electrons. The van der Waals surface area contributed by atoms with E-state index < -0.39 is 0 Å². The van der Waals surface area contributed by atoms with Crippen LogP contribution < -0.4 is 4.90 Å². The summed E-state index contributed by atoms with van der Waals surface area (Å²) in [6, 6.07) is 0.396. The highest BCUT2D eigenvalue weighted by Gasteiger charge is 2.25. The Morgan fingerprint density at radius 2 is 0.577 bits per heavy atom. The zero-order valence-corrected chi connectivity index (χ0v) is 19.0. The van der Waals surface area contributed by atoms with E-state index in [1.165, 1.54) is 67.0 Å². The standard InChI is InChI=1S/C25H37N/c1-13(2)26(24-20(9)16(5)14(3)17(6)21(24)10)25-22(11)18(7)15(4)19(8)23(25)12/h13H,1-12H3. The van der Waals surface area contributed by atoms with Gasteiger partial charge in [0, 0.05) is 17.4 Å². The molecular weight excluding hydrogens is 314 g/mol. The number of anilines is 2. The van der Waals surface area contributed by atoms with Gasteiger partial charge in [0.25, 0.3) is 0 Å². The van der Waals surface area contributed by atoms with Crippen molar-refractivity contribution in [3.05, 3.63) is 55.6 Å². The molecule has 0 atom stereocenters. The van der Waals surface area contributed by atoms with Gasteiger partial charge in [-0.05, 0) is 139 Å². The van der Waals surface area contributed by atoms with Crippen LogP contribution in [0.15, 0.2) is 0 Å². The highest BCUT2D eigenvalue weighted by molar-refractivity contribution is 5.79. The first-order chi connectivity index (χ1) is 11.9. The zero-order chi connectivity index (χ0) is 20.1. The first kappa shape index (κ1) is 20.6.